The summed E-state index contributed by atoms with van der Waals surface area (Å²) in [7, 11) is 0. The van der Waals surface area contributed by atoms with E-state index in [0.717, 1.165) is 11.6 Å². The molecular formula is C8H15ClN4. The molecule has 1 aliphatic rings. The Bertz CT molecular complexity index is 267. The van der Waals surface area contributed by atoms with Crippen LogP contribution in [0.2, 0.25) is 0 Å². The Hall–Kier alpha value is -0.610. The summed E-state index contributed by atoms with van der Waals surface area (Å²) in [5.41, 5.74) is 5.64. The minimum atomic E-state index is -0.0601. The third-order valence-electron chi connectivity index (χ3n) is 2.42. The number of halogens is 1. The standard InChI is InChI=1S/C8H14N4.ClH/c1-5(9)7-10-8(12-11-7)6-3-2-4-6;/h5-6H,2-4,9H2,1H3,(H,10,11,12);1H/t5-;/m0./s1. The van der Waals surface area contributed by atoms with Crippen molar-refractivity contribution in [3.05, 3.63) is 11.6 Å². The fourth-order valence-corrected chi connectivity index (χ4v) is 1.36. The van der Waals surface area contributed by atoms with E-state index >= 15 is 0 Å². The highest BCUT2D eigenvalue weighted by molar-refractivity contribution is 5.85. The van der Waals surface area contributed by atoms with Crippen molar-refractivity contribution in [3.63, 3.8) is 0 Å². The Balaban J connectivity index is 0.000000845. The van der Waals surface area contributed by atoms with Crippen LogP contribution in [0.4, 0.5) is 0 Å². The SMILES string of the molecule is C[C@H](N)c1n[nH]c(C2CCC2)n1.Cl. The highest BCUT2D eigenvalue weighted by Gasteiger charge is 2.23. The molecule has 1 aliphatic carbocycles. The van der Waals surface area contributed by atoms with Crippen LogP contribution in [-0.2, 0) is 0 Å². The molecule has 1 saturated carbocycles. The first-order valence-corrected chi connectivity index (χ1v) is 4.45. The largest absolute Gasteiger partial charge is 0.321 e. The lowest BCUT2D eigenvalue weighted by atomic mass is 9.85. The maximum Gasteiger partial charge on any atom is 0.167 e. The van der Waals surface area contributed by atoms with Gasteiger partial charge in [-0.05, 0) is 19.8 Å². The first-order valence-electron chi connectivity index (χ1n) is 4.45. The van der Waals surface area contributed by atoms with Gasteiger partial charge in [0.05, 0.1) is 6.04 Å². The van der Waals surface area contributed by atoms with Gasteiger partial charge in [0.1, 0.15) is 5.82 Å². The highest BCUT2D eigenvalue weighted by atomic mass is 35.5. The second-order valence-corrected chi connectivity index (χ2v) is 3.50. The van der Waals surface area contributed by atoms with E-state index in [0.29, 0.717) is 5.92 Å². The van der Waals surface area contributed by atoms with Gasteiger partial charge in [0.25, 0.3) is 0 Å². The Morgan fingerprint density at radius 3 is 2.62 bits per heavy atom. The predicted molar refractivity (Wildman–Crippen MR) is 52.8 cm³/mol. The normalized spacial score (nSPS) is 18.9. The molecule has 0 radical (unpaired) electrons. The summed E-state index contributed by atoms with van der Waals surface area (Å²) in [5.74, 6) is 2.37. The molecule has 1 aromatic heterocycles. The molecule has 3 N–H and O–H groups in total. The third kappa shape index (κ3) is 2.00. The van der Waals surface area contributed by atoms with Crippen molar-refractivity contribution in [1.82, 2.24) is 15.2 Å². The summed E-state index contributed by atoms with van der Waals surface area (Å²) >= 11 is 0. The van der Waals surface area contributed by atoms with Crippen LogP contribution >= 0.6 is 12.4 Å². The summed E-state index contributed by atoms with van der Waals surface area (Å²) in [4.78, 5) is 4.34. The molecule has 0 aliphatic heterocycles. The smallest absolute Gasteiger partial charge is 0.167 e. The van der Waals surface area contributed by atoms with Crippen LogP contribution in [0.3, 0.4) is 0 Å². The highest BCUT2D eigenvalue weighted by Crippen LogP contribution is 2.34. The summed E-state index contributed by atoms with van der Waals surface area (Å²) in [6.07, 6.45) is 3.81. The van der Waals surface area contributed by atoms with Crippen molar-refractivity contribution >= 4 is 12.4 Å². The van der Waals surface area contributed by atoms with Crippen molar-refractivity contribution in [3.8, 4) is 0 Å². The van der Waals surface area contributed by atoms with E-state index in [9.17, 15) is 0 Å². The molecule has 1 heterocycles. The number of aromatic nitrogens is 3. The monoisotopic (exact) mass is 202 g/mol. The number of nitrogens with zero attached hydrogens (tertiary/aromatic N) is 2. The number of rotatable bonds is 2. The summed E-state index contributed by atoms with van der Waals surface area (Å²) < 4.78 is 0. The molecule has 0 saturated heterocycles. The van der Waals surface area contributed by atoms with Gasteiger partial charge < -0.3 is 5.73 Å². The molecule has 0 aromatic carbocycles. The average Bonchev–Trinajstić information content (AvgIpc) is 2.32. The number of hydrogen-bond acceptors (Lipinski definition) is 3. The Morgan fingerprint density at radius 2 is 2.23 bits per heavy atom. The Labute approximate surface area is 83.7 Å². The first kappa shape index (κ1) is 10.5. The van der Waals surface area contributed by atoms with E-state index in [1.807, 2.05) is 6.92 Å². The van der Waals surface area contributed by atoms with Crippen LogP contribution in [0.1, 0.15) is 49.8 Å². The lowest BCUT2D eigenvalue weighted by Crippen LogP contribution is -2.11. The molecule has 1 atom stereocenters. The lowest BCUT2D eigenvalue weighted by Gasteiger charge is -2.22. The van der Waals surface area contributed by atoms with Crippen molar-refractivity contribution < 1.29 is 0 Å². The van der Waals surface area contributed by atoms with Crippen LogP contribution in [0.5, 0.6) is 0 Å². The summed E-state index contributed by atoms with van der Waals surface area (Å²) in [6.45, 7) is 1.90. The van der Waals surface area contributed by atoms with Gasteiger partial charge in [-0.25, -0.2) is 4.98 Å². The van der Waals surface area contributed by atoms with Gasteiger partial charge in [-0.2, -0.15) is 5.10 Å². The van der Waals surface area contributed by atoms with Crippen molar-refractivity contribution in [1.29, 1.82) is 0 Å². The number of nitrogens with one attached hydrogen (secondary N) is 1. The molecule has 2 rings (SSSR count). The van der Waals surface area contributed by atoms with E-state index in [-0.39, 0.29) is 18.4 Å². The Morgan fingerprint density at radius 1 is 1.54 bits per heavy atom. The van der Waals surface area contributed by atoms with Gasteiger partial charge in [0.2, 0.25) is 0 Å². The van der Waals surface area contributed by atoms with Crippen LogP contribution in [-0.4, -0.2) is 15.2 Å². The van der Waals surface area contributed by atoms with Crippen molar-refractivity contribution in [2.75, 3.05) is 0 Å². The molecule has 1 fully saturated rings. The zero-order chi connectivity index (χ0) is 8.55. The number of hydrogen-bond donors (Lipinski definition) is 2. The first-order chi connectivity index (χ1) is 5.77. The van der Waals surface area contributed by atoms with Crippen molar-refractivity contribution in [2.24, 2.45) is 5.73 Å². The van der Waals surface area contributed by atoms with E-state index in [1.54, 1.807) is 0 Å². The van der Waals surface area contributed by atoms with E-state index in [4.69, 9.17) is 5.73 Å². The quantitative estimate of drug-likeness (QED) is 0.764. The lowest BCUT2D eigenvalue weighted by molar-refractivity contribution is 0.402. The van der Waals surface area contributed by atoms with Crippen LogP contribution in [0, 0.1) is 0 Å². The average molecular weight is 203 g/mol. The minimum absolute atomic E-state index is 0. The predicted octanol–water partition coefficient (Wildman–Crippen LogP) is 1.51. The zero-order valence-corrected chi connectivity index (χ0v) is 8.47. The van der Waals surface area contributed by atoms with Crippen LogP contribution in [0.25, 0.3) is 0 Å². The van der Waals surface area contributed by atoms with Gasteiger partial charge in [-0.15, -0.1) is 12.4 Å². The topological polar surface area (TPSA) is 67.6 Å². The zero-order valence-electron chi connectivity index (χ0n) is 7.66. The second kappa shape index (κ2) is 4.07. The summed E-state index contributed by atoms with van der Waals surface area (Å²) in [6, 6.07) is -0.0601. The fourth-order valence-electron chi connectivity index (χ4n) is 1.36. The molecule has 0 bridgehead atoms. The number of H-pyrrole nitrogens is 1. The number of aromatic amines is 1. The molecule has 4 nitrogen and oxygen atoms in total. The fraction of sp³-hybridized carbons (Fsp3) is 0.750. The van der Waals surface area contributed by atoms with Gasteiger partial charge in [0, 0.05) is 5.92 Å². The molecule has 5 heteroatoms. The molecule has 0 amide bonds. The second-order valence-electron chi connectivity index (χ2n) is 3.50. The third-order valence-corrected chi connectivity index (χ3v) is 2.42. The molecule has 1 aromatic rings. The Kier molecular flexibility index (Phi) is 3.27. The minimum Gasteiger partial charge on any atom is -0.321 e. The van der Waals surface area contributed by atoms with Gasteiger partial charge in [0.15, 0.2) is 5.82 Å². The van der Waals surface area contributed by atoms with Gasteiger partial charge in [-0.1, -0.05) is 6.42 Å². The van der Waals surface area contributed by atoms with Gasteiger partial charge >= 0.3 is 0 Å². The van der Waals surface area contributed by atoms with Crippen LogP contribution in [0.15, 0.2) is 0 Å². The van der Waals surface area contributed by atoms with E-state index in [1.165, 1.54) is 19.3 Å². The molecule has 13 heavy (non-hydrogen) atoms. The molecule has 74 valence electrons. The summed E-state index contributed by atoms with van der Waals surface area (Å²) in [5, 5.41) is 7.01. The van der Waals surface area contributed by atoms with Crippen LogP contribution < -0.4 is 5.73 Å². The van der Waals surface area contributed by atoms with E-state index in [2.05, 4.69) is 15.2 Å². The molecular weight excluding hydrogens is 188 g/mol. The maximum atomic E-state index is 5.64. The van der Waals surface area contributed by atoms with Crippen molar-refractivity contribution in [2.45, 2.75) is 38.1 Å². The molecule has 0 unspecified atom stereocenters. The maximum absolute atomic E-state index is 5.64. The van der Waals surface area contributed by atoms with E-state index < -0.39 is 0 Å². The number of nitrogens with two attached hydrogens (primary N) is 1. The molecule has 0 spiro atoms. The van der Waals surface area contributed by atoms with Gasteiger partial charge in [-0.3, -0.25) is 5.10 Å².